The lowest BCUT2D eigenvalue weighted by atomic mass is 9.98. The Morgan fingerprint density at radius 3 is 2.27 bits per heavy atom. The van der Waals surface area contributed by atoms with E-state index in [9.17, 15) is 9.50 Å². The Morgan fingerprint density at radius 1 is 1.27 bits per heavy atom. The molecule has 0 bridgehead atoms. The average molecular weight is 340 g/mol. The van der Waals surface area contributed by atoms with E-state index in [1.54, 1.807) is 0 Å². The van der Waals surface area contributed by atoms with Crippen LogP contribution >= 0.6 is 31.9 Å². The van der Waals surface area contributed by atoms with Crippen molar-refractivity contribution in [3.05, 3.63) is 35.9 Å². The van der Waals surface area contributed by atoms with Gasteiger partial charge in [0.05, 0.1) is 0 Å². The smallest absolute Gasteiger partial charge is 0.246 e. The normalized spacial score (nSPS) is 16.1. The van der Waals surface area contributed by atoms with Crippen LogP contribution in [0.5, 0.6) is 0 Å². The lowest BCUT2D eigenvalue weighted by Gasteiger charge is -2.30. The summed E-state index contributed by atoms with van der Waals surface area (Å²) in [6.45, 7) is 1.46. The van der Waals surface area contributed by atoms with E-state index in [0.717, 1.165) is 5.56 Å². The summed E-state index contributed by atoms with van der Waals surface area (Å²) >= 11 is 5.55. The highest BCUT2D eigenvalue weighted by molar-refractivity contribution is 9.25. The zero-order valence-corrected chi connectivity index (χ0v) is 11.6. The van der Waals surface area contributed by atoms with Crippen LogP contribution in [0.15, 0.2) is 30.3 Å². The fraction of sp³-hybridized carbons (Fsp3) is 0.455. The van der Waals surface area contributed by atoms with Gasteiger partial charge in [0.25, 0.3) is 0 Å². The first kappa shape index (κ1) is 13.1. The van der Waals surface area contributed by atoms with Gasteiger partial charge >= 0.3 is 0 Å². The van der Waals surface area contributed by atoms with Gasteiger partial charge in [-0.05, 0) is 57.2 Å². The summed E-state index contributed by atoms with van der Waals surface area (Å²) in [7, 11) is 0. The van der Waals surface area contributed by atoms with Crippen LogP contribution in [0.25, 0.3) is 0 Å². The van der Waals surface area contributed by atoms with Crippen LogP contribution in [0.4, 0.5) is 4.39 Å². The van der Waals surface area contributed by atoms with E-state index in [0.29, 0.717) is 12.8 Å². The maximum atomic E-state index is 13.5. The van der Waals surface area contributed by atoms with Gasteiger partial charge in [-0.15, -0.1) is 0 Å². The van der Waals surface area contributed by atoms with Crippen LogP contribution in [0.1, 0.15) is 18.9 Å². The molecule has 0 radical (unpaired) electrons. The molecule has 1 N–H and O–H groups in total. The predicted molar refractivity (Wildman–Crippen MR) is 67.1 cm³/mol. The van der Waals surface area contributed by atoms with Crippen LogP contribution in [-0.2, 0) is 6.42 Å². The molecule has 1 aromatic carbocycles. The summed E-state index contributed by atoms with van der Waals surface area (Å²) in [6, 6.07) is 9.69. The van der Waals surface area contributed by atoms with Gasteiger partial charge in [0, 0.05) is 0 Å². The van der Waals surface area contributed by atoms with Crippen molar-refractivity contribution < 1.29 is 9.50 Å². The van der Waals surface area contributed by atoms with Crippen molar-refractivity contribution >= 4 is 31.9 Å². The highest BCUT2D eigenvalue weighted by Crippen LogP contribution is 2.41. The number of hydrogen-bond acceptors (Lipinski definition) is 1. The largest absolute Gasteiger partial charge is 0.385 e. The average Bonchev–Trinajstić information content (AvgIpc) is 2.15. The molecule has 1 atom stereocenters. The minimum atomic E-state index is -1.94. The molecule has 0 aliphatic heterocycles. The summed E-state index contributed by atoms with van der Waals surface area (Å²) in [5, 5.41) is 9.84. The Labute approximate surface area is 106 Å². The number of rotatable bonds is 4. The molecular weight excluding hydrogens is 327 g/mol. The molecule has 0 amide bonds. The van der Waals surface area contributed by atoms with E-state index in [4.69, 9.17) is 0 Å². The fourth-order valence-electron chi connectivity index (χ4n) is 1.17. The van der Waals surface area contributed by atoms with Gasteiger partial charge in [-0.1, -0.05) is 30.3 Å². The maximum Gasteiger partial charge on any atom is 0.246 e. The molecule has 0 saturated heterocycles. The third kappa shape index (κ3) is 3.85. The maximum absolute atomic E-state index is 13.5. The van der Waals surface area contributed by atoms with E-state index in [2.05, 4.69) is 31.9 Å². The molecule has 0 saturated carbocycles. The third-order valence-electron chi connectivity index (χ3n) is 2.35. The quantitative estimate of drug-likeness (QED) is 0.827. The second-order valence-corrected chi connectivity index (χ2v) is 7.01. The molecule has 0 fully saturated rings. The molecule has 84 valence electrons. The Balaban J connectivity index is 2.58. The van der Waals surface area contributed by atoms with Gasteiger partial charge in [0.1, 0.15) is 5.60 Å². The zero-order valence-electron chi connectivity index (χ0n) is 8.38. The molecule has 1 nitrogen and oxygen atoms in total. The lowest BCUT2D eigenvalue weighted by molar-refractivity contribution is 0.00218. The number of aryl methyl sites for hydroxylation is 1. The SMILES string of the molecule is CC(O)(CCc1ccccc1)C(F)(Br)Br. The lowest BCUT2D eigenvalue weighted by Crippen LogP contribution is -2.39. The van der Waals surface area contributed by atoms with Gasteiger partial charge < -0.3 is 5.11 Å². The highest BCUT2D eigenvalue weighted by Gasteiger charge is 2.43. The molecule has 1 unspecified atom stereocenters. The van der Waals surface area contributed by atoms with Crippen LogP contribution in [0.2, 0.25) is 0 Å². The molecular formula is C11H13Br2FO. The summed E-state index contributed by atoms with van der Waals surface area (Å²) in [5.74, 6) is 0. The number of alkyl halides is 3. The van der Waals surface area contributed by atoms with Gasteiger partial charge in [-0.25, -0.2) is 4.39 Å². The van der Waals surface area contributed by atoms with Crippen molar-refractivity contribution in [2.24, 2.45) is 0 Å². The van der Waals surface area contributed by atoms with Crippen molar-refractivity contribution in [3.63, 3.8) is 0 Å². The van der Waals surface area contributed by atoms with E-state index in [-0.39, 0.29) is 0 Å². The first-order chi connectivity index (χ1) is 6.83. The van der Waals surface area contributed by atoms with Crippen molar-refractivity contribution in [1.29, 1.82) is 0 Å². The second kappa shape index (κ2) is 4.93. The summed E-state index contributed by atoms with van der Waals surface area (Å²) in [6.07, 6.45) is 0.973. The van der Waals surface area contributed by atoms with Crippen LogP contribution in [-0.4, -0.2) is 14.2 Å². The van der Waals surface area contributed by atoms with E-state index in [1.807, 2.05) is 30.3 Å². The van der Waals surface area contributed by atoms with Gasteiger partial charge in [-0.2, -0.15) is 0 Å². The summed E-state index contributed by atoms with van der Waals surface area (Å²) in [4.78, 5) is 0. The molecule has 0 spiro atoms. The molecule has 0 aliphatic rings. The third-order valence-corrected chi connectivity index (χ3v) is 4.06. The van der Waals surface area contributed by atoms with Gasteiger partial charge in [-0.3, -0.25) is 0 Å². The second-order valence-electron chi connectivity index (χ2n) is 3.76. The van der Waals surface area contributed by atoms with Crippen molar-refractivity contribution in [1.82, 2.24) is 0 Å². The minimum absolute atomic E-state index is 0.337. The predicted octanol–water partition coefficient (Wildman–Crippen LogP) is 3.78. The molecule has 4 heteroatoms. The van der Waals surface area contributed by atoms with Crippen LogP contribution in [0.3, 0.4) is 0 Å². The summed E-state index contributed by atoms with van der Waals surface area (Å²) in [5.41, 5.74) is -0.356. The number of benzene rings is 1. The molecule has 0 heterocycles. The minimum Gasteiger partial charge on any atom is -0.385 e. The van der Waals surface area contributed by atoms with Crippen molar-refractivity contribution in [3.8, 4) is 0 Å². The zero-order chi connectivity index (χ0) is 11.5. The van der Waals surface area contributed by atoms with Crippen molar-refractivity contribution in [2.45, 2.75) is 28.9 Å². The topological polar surface area (TPSA) is 20.2 Å². The van der Waals surface area contributed by atoms with E-state index >= 15 is 0 Å². The monoisotopic (exact) mass is 338 g/mol. The number of halogens is 3. The Morgan fingerprint density at radius 2 is 1.80 bits per heavy atom. The van der Waals surface area contributed by atoms with Gasteiger partial charge in [0.15, 0.2) is 0 Å². The van der Waals surface area contributed by atoms with Crippen molar-refractivity contribution in [2.75, 3.05) is 0 Å². The number of aliphatic hydroxyl groups is 1. The molecule has 1 aromatic rings. The Bertz CT molecular complexity index is 306. The molecule has 15 heavy (non-hydrogen) atoms. The summed E-state index contributed by atoms with van der Waals surface area (Å²) < 4.78 is 11.5. The Hall–Kier alpha value is 0.0700. The molecule has 0 aliphatic carbocycles. The first-order valence-corrected chi connectivity index (χ1v) is 6.24. The number of hydrogen-bond donors (Lipinski definition) is 1. The molecule has 0 aromatic heterocycles. The van der Waals surface area contributed by atoms with E-state index < -0.39 is 9.09 Å². The highest BCUT2D eigenvalue weighted by atomic mass is 79.9. The molecule has 1 rings (SSSR count). The van der Waals surface area contributed by atoms with Gasteiger partial charge in [0.2, 0.25) is 3.49 Å². The standard InChI is InChI=1S/C11H13Br2FO/c1-10(15,11(12,13)14)8-7-9-5-3-2-4-6-9/h2-6,15H,7-8H2,1H3. The van der Waals surface area contributed by atoms with E-state index in [1.165, 1.54) is 6.92 Å². The Kier molecular flexibility index (Phi) is 4.32. The van der Waals surface area contributed by atoms with Crippen LogP contribution in [0, 0.1) is 0 Å². The first-order valence-electron chi connectivity index (χ1n) is 4.66. The van der Waals surface area contributed by atoms with Crippen LogP contribution < -0.4 is 0 Å². The fourth-order valence-corrected chi connectivity index (χ4v) is 1.57.